The van der Waals surface area contributed by atoms with Gasteiger partial charge in [-0.15, -0.1) is 0 Å². The molecule has 0 fully saturated rings. The number of halogens is 1. The zero-order valence-corrected chi connectivity index (χ0v) is 19.7. The van der Waals surface area contributed by atoms with Crippen LogP contribution in [0.25, 0.3) is 0 Å². The van der Waals surface area contributed by atoms with Gasteiger partial charge in [-0.2, -0.15) is 0 Å². The Bertz CT molecular complexity index is 1070. The van der Waals surface area contributed by atoms with Gasteiger partial charge in [-0.05, 0) is 49.4 Å². The molecule has 1 N–H and O–H groups in total. The molecule has 3 rings (SSSR count). The van der Waals surface area contributed by atoms with Crippen molar-refractivity contribution in [2.45, 2.75) is 64.5 Å². The van der Waals surface area contributed by atoms with Gasteiger partial charge < -0.3 is 19.5 Å². The number of aryl methyl sites for hydroxylation is 1. The van der Waals surface area contributed by atoms with Gasteiger partial charge in [0.1, 0.15) is 18.0 Å². The highest BCUT2D eigenvalue weighted by molar-refractivity contribution is 5.98. The first-order chi connectivity index (χ1) is 16.2. The minimum atomic E-state index is -0.985. The highest BCUT2D eigenvalue weighted by Gasteiger charge is 2.32. The number of amides is 1. The van der Waals surface area contributed by atoms with Crippen LogP contribution in [0.3, 0.4) is 0 Å². The molecule has 0 aliphatic heterocycles. The lowest BCUT2D eigenvalue weighted by Gasteiger charge is -2.31. The van der Waals surface area contributed by atoms with Gasteiger partial charge in [-0.1, -0.05) is 19.9 Å². The van der Waals surface area contributed by atoms with Gasteiger partial charge in [0.25, 0.3) is 5.91 Å². The quantitative estimate of drug-likeness (QED) is 0.584. The second-order valence-corrected chi connectivity index (χ2v) is 8.26. The number of fused-ring (bicyclic) bond motifs is 1. The van der Waals surface area contributed by atoms with Crippen LogP contribution < -0.4 is 14.8 Å². The van der Waals surface area contributed by atoms with Gasteiger partial charge in [0.05, 0.1) is 7.11 Å². The van der Waals surface area contributed by atoms with Crippen LogP contribution in [0.4, 0.5) is 4.39 Å². The number of hydrogen-bond donors (Lipinski definition) is 1. The summed E-state index contributed by atoms with van der Waals surface area (Å²) in [5, 5.41) is 2.55. The predicted octanol–water partition coefficient (Wildman–Crippen LogP) is 3.71. The van der Waals surface area contributed by atoms with Crippen molar-refractivity contribution in [3.8, 4) is 11.5 Å². The number of carbonyl (C=O) groups is 3. The summed E-state index contributed by atoms with van der Waals surface area (Å²) in [6.45, 7) is 5.25. The number of hydrogen-bond acceptors (Lipinski definition) is 7. The molecule has 1 amide bonds. The molecule has 0 spiro atoms. The van der Waals surface area contributed by atoms with Crippen molar-refractivity contribution in [1.29, 1.82) is 0 Å². The highest BCUT2D eigenvalue weighted by atomic mass is 19.1. The predicted molar refractivity (Wildman–Crippen MR) is 121 cm³/mol. The van der Waals surface area contributed by atoms with Crippen molar-refractivity contribution in [1.82, 2.24) is 10.3 Å². The third-order valence-electron chi connectivity index (χ3n) is 5.79. The number of esters is 2. The molecular formula is C25H29FN2O6. The van der Waals surface area contributed by atoms with Crippen LogP contribution in [-0.4, -0.2) is 42.1 Å². The summed E-state index contributed by atoms with van der Waals surface area (Å²) in [6.07, 6.45) is 2.83. The molecule has 3 atom stereocenters. The molecule has 1 aliphatic carbocycles. The highest BCUT2D eigenvalue weighted by Crippen LogP contribution is 2.34. The van der Waals surface area contributed by atoms with E-state index in [0.29, 0.717) is 19.3 Å². The van der Waals surface area contributed by atoms with Gasteiger partial charge in [-0.3, -0.25) is 9.59 Å². The van der Waals surface area contributed by atoms with Crippen molar-refractivity contribution in [2.24, 2.45) is 0 Å². The van der Waals surface area contributed by atoms with Gasteiger partial charge in [0.2, 0.25) is 5.75 Å². The summed E-state index contributed by atoms with van der Waals surface area (Å²) < 4.78 is 29.7. The Kier molecular flexibility index (Phi) is 8.20. The molecule has 0 radical (unpaired) electrons. The van der Waals surface area contributed by atoms with Crippen LogP contribution in [0, 0.1) is 5.82 Å². The first kappa shape index (κ1) is 25.1. The fourth-order valence-corrected chi connectivity index (χ4v) is 3.94. The van der Waals surface area contributed by atoms with E-state index >= 15 is 0 Å². The number of ether oxygens (including phenoxy) is 3. The van der Waals surface area contributed by atoms with E-state index in [1.165, 1.54) is 38.4 Å². The molecule has 1 heterocycles. The molecular weight excluding hydrogens is 443 g/mol. The monoisotopic (exact) mass is 472 g/mol. The second kappa shape index (κ2) is 11.1. The first-order valence-corrected chi connectivity index (χ1v) is 11.3. The van der Waals surface area contributed by atoms with Crippen LogP contribution >= 0.6 is 0 Å². The molecule has 0 bridgehead atoms. The minimum Gasteiger partial charge on any atom is -0.493 e. The van der Waals surface area contributed by atoms with E-state index in [1.807, 2.05) is 13.8 Å². The standard InChI is InChI=1S/C25H29FN2O6/c1-5-6-21(29)34-23-20(32-4)11-12-27-22(23)24(30)28-15(3)25(31)33-19-10-7-16-13-17(26)8-9-18(16)14(19)2/h8-9,11-15,19H,5-7,10H2,1-4H3,(H,28,30)/t14?,15-,19?/m0/s1. The SMILES string of the molecule is CCCC(=O)Oc1c(OC)ccnc1C(=O)N[C@@H](C)C(=O)OC1CCc2cc(F)ccc2C1C. The average molecular weight is 473 g/mol. The molecule has 1 aromatic heterocycles. The van der Waals surface area contributed by atoms with Gasteiger partial charge >= 0.3 is 11.9 Å². The summed E-state index contributed by atoms with van der Waals surface area (Å²) in [4.78, 5) is 41.6. The molecule has 1 aliphatic rings. The molecule has 2 aromatic rings. The van der Waals surface area contributed by atoms with E-state index in [1.54, 1.807) is 6.07 Å². The number of carbonyl (C=O) groups excluding carboxylic acids is 3. The largest absolute Gasteiger partial charge is 0.493 e. The topological polar surface area (TPSA) is 104 Å². The Morgan fingerprint density at radius 1 is 1.26 bits per heavy atom. The van der Waals surface area contributed by atoms with E-state index in [2.05, 4.69) is 10.3 Å². The normalized spacial score (nSPS) is 17.8. The fourth-order valence-electron chi connectivity index (χ4n) is 3.94. The molecule has 0 saturated heterocycles. The second-order valence-electron chi connectivity index (χ2n) is 8.26. The molecule has 0 saturated carbocycles. The molecule has 1 aromatic carbocycles. The van der Waals surface area contributed by atoms with Crippen molar-refractivity contribution in [2.75, 3.05) is 7.11 Å². The van der Waals surface area contributed by atoms with Crippen molar-refractivity contribution < 1.29 is 33.0 Å². The third-order valence-corrected chi connectivity index (χ3v) is 5.79. The fraction of sp³-hybridized carbons (Fsp3) is 0.440. The summed E-state index contributed by atoms with van der Waals surface area (Å²) in [7, 11) is 1.38. The zero-order chi connectivity index (χ0) is 24.8. The lowest BCUT2D eigenvalue weighted by Crippen LogP contribution is -2.42. The molecule has 9 heteroatoms. The van der Waals surface area contributed by atoms with Gasteiger partial charge in [0.15, 0.2) is 11.4 Å². The van der Waals surface area contributed by atoms with Crippen LogP contribution in [0.1, 0.15) is 67.6 Å². The lowest BCUT2D eigenvalue weighted by molar-refractivity contribution is -0.152. The van der Waals surface area contributed by atoms with E-state index in [0.717, 1.165) is 11.1 Å². The summed E-state index contributed by atoms with van der Waals surface area (Å²) in [5.74, 6) is -2.17. The summed E-state index contributed by atoms with van der Waals surface area (Å²) in [5.41, 5.74) is 1.68. The molecule has 34 heavy (non-hydrogen) atoms. The Hall–Kier alpha value is -3.49. The third kappa shape index (κ3) is 5.70. The summed E-state index contributed by atoms with van der Waals surface area (Å²) >= 11 is 0. The van der Waals surface area contributed by atoms with E-state index < -0.39 is 30.0 Å². The Balaban J connectivity index is 1.68. The Morgan fingerprint density at radius 3 is 2.74 bits per heavy atom. The molecule has 182 valence electrons. The van der Waals surface area contributed by atoms with Crippen LogP contribution in [-0.2, 0) is 20.7 Å². The smallest absolute Gasteiger partial charge is 0.328 e. The van der Waals surface area contributed by atoms with Crippen LogP contribution in [0.2, 0.25) is 0 Å². The Labute approximate surface area is 197 Å². The van der Waals surface area contributed by atoms with Crippen molar-refractivity contribution in [3.63, 3.8) is 0 Å². The number of rotatable bonds is 8. The maximum Gasteiger partial charge on any atom is 0.328 e. The Morgan fingerprint density at radius 2 is 2.03 bits per heavy atom. The maximum atomic E-state index is 13.5. The lowest BCUT2D eigenvalue weighted by atomic mass is 9.82. The zero-order valence-electron chi connectivity index (χ0n) is 19.7. The average Bonchev–Trinajstić information content (AvgIpc) is 2.80. The number of nitrogens with zero attached hydrogens (tertiary/aromatic N) is 1. The first-order valence-electron chi connectivity index (χ1n) is 11.3. The number of pyridine rings is 1. The minimum absolute atomic E-state index is 0.105. The summed E-state index contributed by atoms with van der Waals surface area (Å²) in [6, 6.07) is 5.11. The number of benzene rings is 1. The number of nitrogens with one attached hydrogen (secondary N) is 1. The van der Waals surface area contributed by atoms with E-state index in [4.69, 9.17) is 14.2 Å². The van der Waals surface area contributed by atoms with Crippen LogP contribution in [0.5, 0.6) is 11.5 Å². The van der Waals surface area contributed by atoms with E-state index in [-0.39, 0.29) is 35.3 Å². The van der Waals surface area contributed by atoms with E-state index in [9.17, 15) is 18.8 Å². The number of aromatic nitrogens is 1. The van der Waals surface area contributed by atoms with Crippen molar-refractivity contribution in [3.05, 3.63) is 53.1 Å². The maximum absolute atomic E-state index is 13.5. The van der Waals surface area contributed by atoms with Gasteiger partial charge in [0, 0.05) is 24.6 Å². The molecule has 8 nitrogen and oxygen atoms in total. The van der Waals surface area contributed by atoms with Gasteiger partial charge in [-0.25, -0.2) is 14.2 Å². The van der Waals surface area contributed by atoms with Crippen molar-refractivity contribution >= 4 is 17.8 Å². The number of methoxy groups -OCH3 is 1. The van der Waals surface area contributed by atoms with Crippen LogP contribution in [0.15, 0.2) is 30.5 Å². The molecule has 2 unspecified atom stereocenters.